The third kappa shape index (κ3) is 3.02. The first kappa shape index (κ1) is 12.9. The zero-order valence-electron chi connectivity index (χ0n) is 10.9. The van der Waals surface area contributed by atoms with E-state index in [0.717, 1.165) is 31.6 Å². The maximum Gasteiger partial charge on any atom is 0.119 e. The summed E-state index contributed by atoms with van der Waals surface area (Å²) in [6.45, 7) is 0.848. The maximum atomic E-state index is 9.26. The third-order valence-corrected chi connectivity index (χ3v) is 3.68. The molecule has 0 radical (unpaired) electrons. The number of benzene rings is 1. The molecule has 0 bridgehead atoms. The van der Waals surface area contributed by atoms with E-state index in [1.165, 1.54) is 18.4 Å². The van der Waals surface area contributed by atoms with Crippen LogP contribution in [0.5, 0.6) is 5.75 Å². The average molecular weight is 244 g/mol. The standard InChI is InChI=1S/C15H20N2O/c1-18-14-6-4-5-13(11-14)7-10-17-15(12-16)8-2-3-9-15/h4-6,11,17H,2-3,7-10H2,1H3. The maximum absolute atomic E-state index is 9.26. The van der Waals surface area contributed by atoms with E-state index in [2.05, 4.69) is 23.5 Å². The number of nitriles is 1. The van der Waals surface area contributed by atoms with Gasteiger partial charge in [-0.3, -0.25) is 5.32 Å². The van der Waals surface area contributed by atoms with Crippen LogP contribution in [0.1, 0.15) is 31.2 Å². The predicted octanol–water partition coefficient (Wildman–Crippen LogP) is 2.66. The molecule has 3 nitrogen and oxygen atoms in total. The summed E-state index contributed by atoms with van der Waals surface area (Å²) >= 11 is 0. The fourth-order valence-electron chi connectivity index (χ4n) is 2.58. The molecule has 0 unspecified atom stereocenters. The second kappa shape index (κ2) is 5.88. The molecule has 3 heteroatoms. The monoisotopic (exact) mass is 244 g/mol. The van der Waals surface area contributed by atoms with Gasteiger partial charge in [0.1, 0.15) is 11.3 Å². The molecule has 1 saturated carbocycles. The second-order valence-corrected chi connectivity index (χ2v) is 4.93. The lowest BCUT2D eigenvalue weighted by Gasteiger charge is -2.22. The summed E-state index contributed by atoms with van der Waals surface area (Å²) in [5.41, 5.74) is 0.978. The minimum absolute atomic E-state index is 0.265. The van der Waals surface area contributed by atoms with Crippen LogP contribution in [0, 0.1) is 11.3 Å². The molecule has 0 spiro atoms. The van der Waals surface area contributed by atoms with Crippen molar-refractivity contribution in [1.29, 1.82) is 5.26 Å². The van der Waals surface area contributed by atoms with Crippen molar-refractivity contribution in [3.05, 3.63) is 29.8 Å². The van der Waals surface area contributed by atoms with E-state index >= 15 is 0 Å². The van der Waals surface area contributed by atoms with Crippen molar-refractivity contribution in [2.45, 2.75) is 37.6 Å². The number of nitrogens with zero attached hydrogens (tertiary/aromatic N) is 1. The van der Waals surface area contributed by atoms with Gasteiger partial charge in [-0.1, -0.05) is 25.0 Å². The Bertz CT molecular complexity index is 430. The number of methoxy groups -OCH3 is 1. The molecular formula is C15H20N2O. The van der Waals surface area contributed by atoms with Gasteiger partial charge in [-0.2, -0.15) is 5.26 Å². The summed E-state index contributed by atoms with van der Waals surface area (Å²) in [7, 11) is 1.68. The van der Waals surface area contributed by atoms with Crippen molar-refractivity contribution in [3.8, 4) is 11.8 Å². The molecule has 0 aromatic heterocycles. The predicted molar refractivity (Wildman–Crippen MR) is 71.5 cm³/mol. The largest absolute Gasteiger partial charge is 0.497 e. The van der Waals surface area contributed by atoms with E-state index in [9.17, 15) is 5.26 Å². The number of nitrogens with one attached hydrogen (secondary N) is 1. The normalized spacial score (nSPS) is 17.3. The van der Waals surface area contributed by atoms with Crippen molar-refractivity contribution in [3.63, 3.8) is 0 Å². The van der Waals surface area contributed by atoms with E-state index in [1.807, 2.05) is 12.1 Å². The number of hydrogen-bond donors (Lipinski definition) is 1. The van der Waals surface area contributed by atoms with Crippen molar-refractivity contribution in [1.82, 2.24) is 5.32 Å². The van der Waals surface area contributed by atoms with Crippen molar-refractivity contribution in [2.24, 2.45) is 0 Å². The van der Waals surface area contributed by atoms with Gasteiger partial charge in [0, 0.05) is 6.54 Å². The van der Waals surface area contributed by atoms with E-state index in [4.69, 9.17) is 4.74 Å². The van der Waals surface area contributed by atoms with Gasteiger partial charge in [0.2, 0.25) is 0 Å². The summed E-state index contributed by atoms with van der Waals surface area (Å²) < 4.78 is 5.20. The molecular weight excluding hydrogens is 224 g/mol. The van der Waals surface area contributed by atoms with Crippen LogP contribution in [0.25, 0.3) is 0 Å². The Morgan fingerprint density at radius 3 is 2.83 bits per heavy atom. The lowest BCUT2D eigenvalue weighted by Crippen LogP contribution is -2.42. The summed E-state index contributed by atoms with van der Waals surface area (Å²) in [5.74, 6) is 0.892. The van der Waals surface area contributed by atoms with Gasteiger partial charge >= 0.3 is 0 Å². The molecule has 1 aromatic rings. The van der Waals surface area contributed by atoms with Crippen LogP contribution in [0.3, 0.4) is 0 Å². The lowest BCUT2D eigenvalue weighted by molar-refractivity contribution is 0.412. The Morgan fingerprint density at radius 1 is 1.39 bits per heavy atom. The van der Waals surface area contributed by atoms with E-state index < -0.39 is 0 Å². The smallest absolute Gasteiger partial charge is 0.119 e. The molecule has 1 aliphatic carbocycles. The molecule has 1 aromatic carbocycles. The summed E-state index contributed by atoms with van der Waals surface area (Å²) in [5, 5.41) is 12.7. The van der Waals surface area contributed by atoms with E-state index in [0.29, 0.717) is 0 Å². The molecule has 2 rings (SSSR count). The van der Waals surface area contributed by atoms with Crippen molar-refractivity contribution >= 4 is 0 Å². The Balaban J connectivity index is 1.86. The number of ether oxygens (including phenoxy) is 1. The van der Waals surface area contributed by atoms with Crippen LogP contribution in [0.4, 0.5) is 0 Å². The Labute approximate surface area is 109 Å². The summed E-state index contributed by atoms with van der Waals surface area (Å²) in [4.78, 5) is 0. The topological polar surface area (TPSA) is 45.0 Å². The van der Waals surface area contributed by atoms with Gasteiger partial charge in [0.05, 0.1) is 13.2 Å². The highest BCUT2D eigenvalue weighted by Gasteiger charge is 2.32. The van der Waals surface area contributed by atoms with Crippen LogP contribution >= 0.6 is 0 Å². The number of hydrogen-bond acceptors (Lipinski definition) is 3. The van der Waals surface area contributed by atoms with Gasteiger partial charge in [0.25, 0.3) is 0 Å². The van der Waals surface area contributed by atoms with E-state index in [1.54, 1.807) is 7.11 Å². The van der Waals surface area contributed by atoms with Gasteiger partial charge < -0.3 is 4.74 Å². The van der Waals surface area contributed by atoms with Crippen molar-refractivity contribution in [2.75, 3.05) is 13.7 Å². The van der Waals surface area contributed by atoms with Crippen LogP contribution < -0.4 is 10.1 Å². The summed E-state index contributed by atoms with van der Waals surface area (Å²) in [6.07, 6.45) is 5.24. The Hall–Kier alpha value is -1.53. The lowest BCUT2D eigenvalue weighted by atomic mass is 9.99. The molecule has 1 fully saturated rings. The van der Waals surface area contributed by atoms with E-state index in [-0.39, 0.29) is 5.54 Å². The fraction of sp³-hybridized carbons (Fsp3) is 0.533. The van der Waals surface area contributed by atoms with Gasteiger partial charge in [-0.15, -0.1) is 0 Å². The summed E-state index contributed by atoms with van der Waals surface area (Å²) in [6, 6.07) is 10.5. The highest BCUT2D eigenvalue weighted by molar-refractivity contribution is 5.28. The zero-order chi connectivity index (χ0) is 12.8. The second-order valence-electron chi connectivity index (χ2n) is 4.93. The van der Waals surface area contributed by atoms with Crippen molar-refractivity contribution < 1.29 is 4.74 Å². The first-order chi connectivity index (χ1) is 8.78. The average Bonchev–Trinajstić information content (AvgIpc) is 2.88. The van der Waals surface area contributed by atoms with Crippen LogP contribution in [-0.2, 0) is 6.42 Å². The SMILES string of the molecule is COc1cccc(CCNC2(C#N)CCCC2)c1. The molecule has 1 N–H and O–H groups in total. The third-order valence-electron chi connectivity index (χ3n) is 3.68. The molecule has 0 heterocycles. The molecule has 18 heavy (non-hydrogen) atoms. The zero-order valence-corrected chi connectivity index (χ0v) is 10.9. The highest BCUT2D eigenvalue weighted by atomic mass is 16.5. The number of rotatable bonds is 5. The van der Waals surface area contributed by atoms with Crippen LogP contribution in [-0.4, -0.2) is 19.2 Å². The highest BCUT2D eigenvalue weighted by Crippen LogP contribution is 2.28. The Morgan fingerprint density at radius 2 is 2.17 bits per heavy atom. The molecule has 0 amide bonds. The molecule has 96 valence electrons. The quantitative estimate of drug-likeness (QED) is 0.866. The molecule has 0 aliphatic heterocycles. The first-order valence-electron chi connectivity index (χ1n) is 6.57. The van der Waals surface area contributed by atoms with Crippen LogP contribution in [0.15, 0.2) is 24.3 Å². The molecule has 0 saturated heterocycles. The minimum Gasteiger partial charge on any atom is -0.497 e. The van der Waals surface area contributed by atoms with Gasteiger partial charge in [0.15, 0.2) is 0 Å². The first-order valence-corrected chi connectivity index (χ1v) is 6.57. The van der Waals surface area contributed by atoms with Crippen LogP contribution in [0.2, 0.25) is 0 Å². The van der Waals surface area contributed by atoms with Gasteiger partial charge in [-0.05, 0) is 37.0 Å². The molecule has 1 aliphatic rings. The van der Waals surface area contributed by atoms with Gasteiger partial charge in [-0.25, -0.2) is 0 Å². The fourth-order valence-corrected chi connectivity index (χ4v) is 2.58. The minimum atomic E-state index is -0.265. The molecule has 0 atom stereocenters. The Kier molecular flexibility index (Phi) is 4.22.